The van der Waals surface area contributed by atoms with Gasteiger partial charge in [0.25, 0.3) is 0 Å². The molecule has 0 bridgehead atoms. The Morgan fingerprint density at radius 2 is 0.441 bits per heavy atom. The van der Waals surface area contributed by atoms with Gasteiger partial charge >= 0.3 is 0 Å². The molecule has 102 heavy (non-hydrogen) atoms. The maximum absolute atomic E-state index is 6.41. The number of aromatic nitrogens is 6. The normalized spacial score (nSPS) is 12.1. The van der Waals surface area contributed by atoms with E-state index in [4.69, 9.17) is 28.2 Å². The predicted molar refractivity (Wildman–Crippen MR) is 417 cm³/mol. The van der Waals surface area contributed by atoms with Gasteiger partial charge in [-0.05, 0) is 173 Å². The van der Waals surface area contributed by atoms with Gasteiger partial charge in [0, 0.05) is 98.4 Å². The molecule has 0 amide bonds. The first-order valence-corrected chi connectivity index (χ1v) is 34.4. The van der Waals surface area contributed by atoms with Gasteiger partial charge in [0.1, 0.15) is 33.5 Å². The van der Waals surface area contributed by atoms with E-state index >= 15 is 0 Å². The zero-order chi connectivity index (χ0) is 66.7. The average Bonchev–Trinajstić information content (AvgIpc) is 1.59. The molecule has 0 atom stereocenters. The van der Waals surface area contributed by atoms with E-state index in [0.717, 1.165) is 188 Å². The summed E-state index contributed by atoms with van der Waals surface area (Å²) in [6.07, 6.45) is 0. The summed E-state index contributed by atoms with van der Waals surface area (Å²) in [6, 6.07) is 117. The van der Waals surface area contributed by atoms with Gasteiger partial charge in [0.05, 0.1) is 33.1 Å². The second-order valence-corrected chi connectivity index (χ2v) is 26.6. The molecule has 9 nitrogen and oxygen atoms in total. The van der Waals surface area contributed by atoms with Crippen molar-refractivity contribution in [3.63, 3.8) is 0 Å². The first-order chi connectivity index (χ1) is 50.5. The van der Waals surface area contributed by atoms with Crippen LogP contribution in [0, 0.1) is 0 Å². The minimum Gasteiger partial charge on any atom is -0.456 e. The van der Waals surface area contributed by atoms with Crippen molar-refractivity contribution in [3.05, 3.63) is 328 Å². The molecule has 0 saturated carbocycles. The minimum absolute atomic E-state index is 0.547. The number of furan rings is 3. The maximum Gasteiger partial charge on any atom is 0.164 e. The number of benzene rings is 15. The summed E-state index contributed by atoms with van der Waals surface area (Å²) in [4.78, 5) is 16.4. The number of para-hydroxylation sites is 6. The van der Waals surface area contributed by atoms with Crippen LogP contribution in [0.5, 0.6) is 0 Å². The van der Waals surface area contributed by atoms with Crippen LogP contribution < -0.4 is 0 Å². The third kappa shape index (κ3) is 8.68. The molecule has 0 saturated heterocycles. The van der Waals surface area contributed by atoms with E-state index in [1.165, 1.54) is 10.8 Å². The Labute approximate surface area is 581 Å². The highest BCUT2D eigenvalue weighted by Gasteiger charge is 2.22. The molecule has 0 aliphatic carbocycles. The summed E-state index contributed by atoms with van der Waals surface area (Å²) in [7, 11) is 0. The molecule has 0 N–H and O–H groups in total. The van der Waals surface area contributed by atoms with Crippen molar-refractivity contribution in [1.82, 2.24) is 28.7 Å². The van der Waals surface area contributed by atoms with Crippen molar-refractivity contribution in [2.24, 2.45) is 0 Å². The van der Waals surface area contributed by atoms with E-state index in [2.05, 4.69) is 305 Å². The van der Waals surface area contributed by atoms with E-state index in [1.807, 2.05) is 36.4 Å². The second kappa shape index (κ2) is 21.8. The van der Waals surface area contributed by atoms with Crippen LogP contribution in [0.2, 0.25) is 0 Å². The molecular formula is C93H54N6O3. The fourth-order valence-corrected chi connectivity index (χ4v) is 16.1. The van der Waals surface area contributed by atoms with E-state index in [1.54, 1.807) is 0 Å². The van der Waals surface area contributed by atoms with Gasteiger partial charge in [-0.2, -0.15) is 0 Å². The monoisotopic (exact) mass is 1300 g/mol. The predicted octanol–water partition coefficient (Wildman–Crippen LogP) is 24.9. The van der Waals surface area contributed by atoms with Crippen LogP contribution in [0.15, 0.2) is 341 Å². The molecule has 22 aromatic rings. The van der Waals surface area contributed by atoms with E-state index in [9.17, 15) is 0 Å². The SMILES string of the molecule is c1cc(-c2nc(-c3ccc(-n4c5ccccc5c5ccc(-c6ccc7c(c6)oc6ccccc67)cc54)cc3)nc(-c3cccc(-n4c5ccccc5c5ccc(-c6ccc7c(c6)oc6ccccc67)cc54)c3)n2)cc(-n2c3ccccc3c3ccc(-c4ccc5c(c4)oc4ccccc45)cc32)c1. The number of hydrogen-bond donors (Lipinski definition) is 0. The Morgan fingerprint density at radius 1 is 0.167 bits per heavy atom. The Balaban J connectivity index is 0.691. The molecular weight excluding hydrogens is 1250 g/mol. The highest BCUT2D eigenvalue weighted by Crippen LogP contribution is 2.43. The Morgan fingerprint density at radius 3 is 0.814 bits per heavy atom. The van der Waals surface area contributed by atoms with Crippen molar-refractivity contribution >= 4 is 131 Å². The second-order valence-electron chi connectivity index (χ2n) is 26.6. The van der Waals surface area contributed by atoms with Crippen molar-refractivity contribution in [1.29, 1.82) is 0 Å². The van der Waals surface area contributed by atoms with Crippen LogP contribution in [0.25, 0.3) is 216 Å². The molecule has 0 aliphatic rings. The summed E-state index contributed by atoms with van der Waals surface area (Å²) in [5.74, 6) is 1.64. The largest absolute Gasteiger partial charge is 0.456 e. The van der Waals surface area contributed by atoms with Crippen molar-refractivity contribution in [3.8, 4) is 84.6 Å². The highest BCUT2D eigenvalue weighted by molar-refractivity contribution is 6.15. The lowest BCUT2D eigenvalue weighted by molar-refractivity contribution is 0.668. The van der Waals surface area contributed by atoms with Crippen LogP contribution in [0.1, 0.15) is 0 Å². The first kappa shape index (κ1) is 56.2. The van der Waals surface area contributed by atoms with E-state index in [-0.39, 0.29) is 0 Å². The summed E-state index contributed by atoms with van der Waals surface area (Å²) in [6.45, 7) is 0. The Kier molecular flexibility index (Phi) is 12.0. The number of hydrogen-bond acceptors (Lipinski definition) is 6. The van der Waals surface area contributed by atoms with Gasteiger partial charge in [-0.25, -0.2) is 15.0 Å². The third-order valence-electron chi connectivity index (χ3n) is 20.9. The smallest absolute Gasteiger partial charge is 0.164 e. The molecule has 0 aliphatic heterocycles. The molecule has 474 valence electrons. The van der Waals surface area contributed by atoms with Crippen molar-refractivity contribution in [2.45, 2.75) is 0 Å². The molecule has 7 aromatic heterocycles. The zero-order valence-corrected chi connectivity index (χ0v) is 54.6. The van der Waals surface area contributed by atoms with E-state index < -0.39 is 0 Å². The first-order valence-electron chi connectivity index (χ1n) is 34.4. The van der Waals surface area contributed by atoms with Crippen LogP contribution in [-0.4, -0.2) is 28.7 Å². The van der Waals surface area contributed by atoms with Crippen LogP contribution in [0.3, 0.4) is 0 Å². The molecule has 15 aromatic carbocycles. The van der Waals surface area contributed by atoms with Gasteiger partial charge < -0.3 is 27.0 Å². The summed E-state index contributed by atoms with van der Waals surface area (Å²) >= 11 is 0. The van der Waals surface area contributed by atoms with Gasteiger partial charge in [0.2, 0.25) is 0 Å². The fraction of sp³-hybridized carbons (Fsp3) is 0. The van der Waals surface area contributed by atoms with Gasteiger partial charge in [0.15, 0.2) is 17.5 Å². The summed E-state index contributed by atoms with van der Waals surface area (Å²) < 4.78 is 26.3. The van der Waals surface area contributed by atoms with Crippen molar-refractivity contribution in [2.75, 3.05) is 0 Å². The molecule has 0 radical (unpaired) electrons. The van der Waals surface area contributed by atoms with Crippen LogP contribution >= 0.6 is 0 Å². The minimum atomic E-state index is 0.547. The third-order valence-corrected chi connectivity index (χ3v) is 20.9. The summed E-state index contributed by atoms with van der Waals surface area (Å²) in [5.41, 5.74) is 23.8. The highest BCUT2D eigenvalue weighted by atomic mass is 16.3. The molecule has 0 unspecified atom stereocenters. The van der Waals surface area contributed by atoms with Gasteiger partial charge in [-0.3, -0.25) is 0 Å². The zero-order valence-electron chi connectivity index (χ0n) is 54.6. The molecule has 7 heterocycles. The lowest BCUT2D eigenvalue weighted by Crippen LogP contribution is -2.02. The van der Waals surface area contributed by atoms with Gasteiger partial charge in [-0.15, -0.1) is 0 Å². The van der Waals surface area contributed by atoms with E-state index in [0.29, 0.717) is 17.5 Å². The van der Waals surface area contributed by atoms with Crippen LogP contribution in [0.4, 0.5) is 0 Å². The topological polar surface area (TPSA) is 92.9 Å². The Bertz CT molecular complexity index is 6990. The number of nitrogens with zero attached hydrogens (tertiary/aromatic N) is 6. The lowest BCUT2D eigenvalue weighted by Gasteiger charge is -2.14. The molecule has 0 spiro atoms. The van der Waals surface area contributed by atoms with Crippen molar-refractivity contribution < 1.29 is 13.3 Å². The quantitative estimate of drug-likeness (QED) is 0.143. The van der Waals surface area contributed by atoms with Crippen LogP contribution in [-0.2, 0) is 0 Å². The fourth-order valence-electron chi connectivity index (χ4n) is 16.1. The summed E-state index contributed by atoms with van der Waals surface area (Å²) in [5, 5.41) is 13.6. The molecule has 9 heteroatoms. The Hall–Kier alpha value is -13.9. The average molecular weight is 1300 g/mol. The number of fused-ring (bicyclic) bond motifs is 18. The molecule has 0 fully saturated rings. The van der Waals surface area contributed by atoms with Gasteiger partial charge in [-0.1, -0.05) is 188 Å². The maximum atomic E-state index is 6.41. The standard InChI is InChI=1S/C93H54N6O3/c1-7-25-79-67(19-1)70-41-33-56(59-36-44-76-73-22-4-10-28-85(73)100-88(76)52-59)49-82(70)97(79)64-39-31-55(32-40-64)91-94-92(62-15-13-17-65(47-62)98-80-26-8-2-20-68(80)71-42-34-57(50-83(71)98)60-37-45-77-74-23-5-11-29-86(74)101-89(77)53-60)96-93(95-91)63-16-14-18-66(48-63)99-81-27-9-3-21-69(81)72-43-35-58(51-84(72)99)61-38-46-78-75-24-6-12-30-87(75)102-90(78)54-61/h1-54H. The molecule has 22 rings (SSSR count). The lowest BCUT2D eigenvalue weighted by atomic mass is 10.0. The number of rotatable bonds is 9.